The molecule has 6 heteroatoms. The molecular formula is C14H24N2O4. The Labute approximate surface area is 119 Å². The number of aliphatic carboxylic acids is 1. The second kappa shape index (κ2) is 5.99. The van der Waals surface area contributed by atoms with Crippen molar-refractivity contribution < 1.29 is 19.4 Å². The van der Waals surface area contributed by atoms with Gasteiger partial charge in [-0.2, -0.15) is 0 Å². The minimum absolute atomic E-state index is 0.0370. The fraction of sp³-hybridized carbons (Fsp3) is 0.857. The van der Waals surface area contributed by atoms with Crippen LogP contribution in [0.3, 0.4) is 0 Å². The maximum atomic E-state index is 12.7. The summed E-state index contributed by atoms with van der Waals surface area (Å²) < 4.78 is 5.60. The fourth-order valence-electron chi connectivity index (χ4n) is 3.12. The first-order chi connectivity index (χ1) is 9.45. The van der Waals surface area contributed by atoms with E-state index in [9.17, 15) is 9.59 Å². The number of carbonyl (C=O) groups is 2. The van der Waals surface area contributed by atoms with Crippen LogP contribution in [0.1, 0.15) is 33.6 Å². The molecule has 0 spiro atoms. The van der Waals surface area contributed by atoms with Gasteiger partial charge in [-0.3, -0.25) is 4.79 Å². The Kier molecular flexibility index (Phi) is 4.52. The first kappa shape index (κ1) is 15.1. The van der Waals surface area contributed by atoms with Gasteiger partial charge in [0, 0.05) is 19.1 Å². The molecule has 0 saturated carbocycles. The standard InChI is InChI=1S/C14H24N2O4/c1-4-11-8-20-9(2)7-16(11)14(19)15-6-5-12(10(15)3)13(17)18/h9-12H,4-8H2,1-3H3,(H,17,18). The quantitative estimate of drug-likeness (QED) is 0.832. The zero-order valence-electron chi connectivity index (χ0n) is 12.4. The molecule has 2 aliphatic heterocycles. The van der Waals surface area contributed by atoms with Gasteiger partial charge in [0.25, 0.3) is 0 Å². The van der Waals surface area contributed by atoms with Crippen molar-refractivity contribution in [3.63, 3.8) is 0 Å². The van der Waals surface area contributed by atoms with Gasteiger partial charge in [0.05, 0.1) is 24.7 Å². The number of carbonyl (C=O) groups excluding carboxylic acids is 1. The van der Waals surface area contributed by atoms with E-state index in [1.807, 2.05) is 25.7 Å². The number of amides is 2. The largest absolute Gasteiger partial charge is 0.481 e. The Morgan fingerprint density at radius 2 is 2.00 bits per heavy atom. The number of hydrogen-bond acceptors (Lipinski definition) is 3. The van der Waals surface area contributed by atoms with Crippen molar-refractivity contribution in [3.8, 4) is 0 Å². The molecule has 0 bridgehead atoms. The van der Waals surface area contributed by atoms with E-state index in [4.69, 9.17) is 9.84 Å². The van der Waals surface area contributed by atoms with Crippen LogP contribution in [0.15, 0.2) is 0 Å². The summed E-state index contributed by atoms with van der Waals surface area (Å²) in [6, 6.07) is -0.186. The van der Waals surface area contributed by atoms with Gasteiger partial charge in [-0.05, 0) is 26.7 Å². The highest BCUT2D eigenvalue weighted by Crippen LogP contribution is 2.27. The molecule has 2 fully saturated rings. The van der Waals surface area contributed by atoms with Gasteiger partial charge < -0.3 is 19.6 Å². The molecule has 2 saturated heterocycles. The second-order valence-electron chi connectivity index (χ2n) is 5.81. The first-order valence-electron chi connectivity index (χ1n) is 7.37. The maximum Gasteiger partial charge on any atom is 0.320 e. The van der Waals surface area contributed by atoms with Gasteiger partial charge in [0.2, 0.25) is 0 Å². The Hall–Kier alpha value is -1.30. The van der Waals surface area contributed by atoms with Crippen LogP contribution in [-0.2, 0) is 9.53 Å². The number of ether oxygens (including phenoxy) is 1. The van der Waals surface area contributed by atoms with Gasteiger partial charge in [-0.25, -0.2) is 4.79 Å². The lowest BCUT2D eigenvalue weighted by Crippen LogP contribution is -2.56. The van der Waals surface area contributed by atoms with Crippen molar-refractivity contribution in [1.82, 2.24) is 9.80 Å². The van der Waals surface area contributed by atoms with E-state index in [0.717, 1.165) is 6.42 Å². The SMILES string of the molecule is CCC1COC(C)CN1C(=O)N1CCC(C(=O)O)C1C. The number of likely N-dealkylation sites (tertiary alicyclic amines) is 1. The van der Waals surface area contributed by atoms with Crippen LogP contribution >= 0.6 is 0 Å². The molecule has 0 radical (unpaired) electrons. The van der Waals surface area contributed by atoms with Gasteiger partial charge in [0.1, 0.15) is 0 Å². The van der Waals surface area contributed by atoms with Gasteiger partial charge >= 0.3 is 12.0 Å². The van der Waals surface area contributed by atoms with Crippen LogP contribution in [-0.4, -0.2) is 64.8 Å². The maximum absolute atomic E-state index is 12.7. The predicted octanol–water partition coefficient (Wildman–Crippen LogP) is 1.40. The average molecular weight is 284 g/mol. The number of carboxylic acid groups (broad SMARTS) is 1. The summed E-state index contributed by atoms with van der Waals surface area (Å²) in [5.74, 6) is -1.26. The lowest BCUT2D eigenvalue weighted by molar-refractivity contribution is -0.142. The average Bonchev–Trinajstić information content (AvgIpc) is 2.79. The minimum atomic E-state index is -0.810. The van der Waals surface area contributed by atoms with Crippen LogP contribution in [0.5, 0.6) is 0 Å². The zero-order valence-corrected chi connectivity index (χ0v) is 12.4. The molecule has 2 heterocycles. The smallest absolute Gasteiger partial charge is 0.320 e. The molecule has 114 valence electrons. The van der Waals surface area contributed by atoms with Crippen molar-refractivity contribution in [2.75, 3.05) is 19.7 Å². The number of morpholine rings is 1. The Bertz CT molecular complexity index is 387. The lowest BCUT2D eigenvalue weighted by atomic mass is 10.0. The number of urea groups is 1. The van der Waals surface area contributed by atoms with E-state index in [1.54, 1.807) is 4.90 Å². The minimum Gasteiger partial charge on any atom is -0.481 e. The molecule has 0 aromatic rings. The number of rotatable bonds is 2. The predicted molar refractivity (Wildman–Crippen MR) is 73.5 cm³/mol. The van der Waals surface area contributed by atoms with Gasteiger partial charge in [0.15, 0.2) is 0 Å². The molecule has 2 rings (SSSR count). The Balaban J connectivity index is 2.08. The Morgan fingerprint density at radius 1 is 1.30 bits per heavy atom. The third kappa shape index (κ3) is 2.75. The van der Waals surface area contributed by atoms with Crippen molar-refractivity contribution in [1.29, 1.82) is 0 Å². The van der Waals surface area contributed by atoms with Crippen LogP contribution in [0.4, 0.5) is 4.79 Å². The van der Waals surface area contributed by atoms with Gasteiger partial charge in [-0.15, -0.1) is 0 Å². The second-order valence-corrected chi connectivity index (χ2v) is 5.81. The summed E-state index contributed by atoms with van der Waals surface area (Å²) in [6.45, 7) is 7.50. The van der Waals surface area contributed by atoms with E-state index in [1.165, 1.54) is 0 Å². The van der Waals surface area contributed by atoms with Crippen LogP contribution in [0.2, 0.25) is 0 Å². The Morgan fingerprint density at radius 3 is 2.55 bits per heavy atom. The van der Waals surface area contributed by atoms with Gasteiger partial charge in [-0.1, -0.05) is 6.92 Å². The van der Waals surface area contributed by atoms with E-state index >= 15 is 0 Å². The molecule has 4 atom stereocenters. The van der Waals surface area contributed by atoms with E-state index in [-0.39, 0.29) is 24.2 Å². The van der Waals surface area contributed by atoms with E-state index in [0.29, 0.717) is 26.1 Å². The highest BCUT2D eigenvalue weighted by Gasteiger charge is 2.41. The van der Waals surface area contributed by atoms with Crippen molar-refractivity contribution in [2.24, 2.45) is 5.92 Å². The van der Waals surface area contributed by atoms with Crippen molar-refractivity contribution in [2.45, 2.75) is 51.8 Å². The van der Waals surface area contributed by atoms with Crippen molar-refractivity contribution >= 4 is 12.0 Å². The first-order valence-corrected chi connectivity index (χ1v) is 7.37. The topological polar surface area (TPSA) is 70.1 Å². The van der Waals surface area contributed by atoms with E-state index in [2.05, 4.69) is 0 Å². The summed E-state index contributed by atoms with van der Waals surface area (Å²) in [5.41, 5.74) is 0. The summed E-state index contributed by atoms with van der Waals surface area (Å²) in [5, 5.41) is 9.16. The molecule has 0 aromatic carbocycles. The van der Waals surface area contributed by atoms with E-state index < -0.39 is 11.9 Å². The highest BCUT2D eigenvalue weighted by atomic mass is 16.5. The zero-order chi connectivity index (χ0) is 14.9. The van der Waals surface area contributed by atoms with Crippen LogP contribution in [0, 0.1) is 5.92 Å². The molecule has 2 aliphatic rings. The lowest BCUT2D eigenvalue weighted by Gasteiger charge is -2.41. The molecule has 6 nitrogen and oxygen atoms in total. The third-order valence-corrected chi connectivity index (χ3v) is 4.50. The number of hydrogen-bond donors (Lipinski definition) is 1. The third-order valence-electron chi connectivity index (χ3n) is 4.50. The molecule has 2 amide bonds. The molecule has 0 aliphatic carbocycles. The van der Waals surface area contributed by atoms with Crippen LogP contribution < -0.4 is 0 Å². The normalized spacial score (nSPS) is 34.4. The number of nitrogens with zero attached hydrogens (tertiary/aromatic N) is 2. The highest BCUT2D eigenvalue weighted by molar-refractivity contribution is 5.78. The monoisotopic (exact) mass is 284 g/mol. The summed E-state index contributed by atoms with van der Waals surface area (Å²) >= 11 is 0. The molecule has 1 N–H and O–H groups in total. The number of carboxylic acids is 1. The summed E-state index contributed by atoms with van der Waals surface area (Å²) in [4.78, 5) is 27.4. The molecule has 4 unspecified atom stereocenters. The fourth-order valence-corrected chi connectivity index (χ4v) is 3.12. The summed E-state index contributed by atoms with van der Waals surface area (Å²) in [7, 11) is 0. The van der Waals surface area contributed by atoms with Crippen molar-refractivity contribution in [3.05, 3.63) is 0 Å². The molecule has 20 heavy (non-hydrogen) atoms. The summed E-state index contributed by atoms with van der Waals surface area (Å²) in [6.07, 6.45) is 1.43. The molecule has 0 aromatic heterocycles. The molecular weight excluding hydrogens is 260 g/mol. The van der Waals surface area contributed by atoms with Crippen LogP contribution in [0.25, 0.3) is 0 Å².